The van der Waals surface area contributed by atoms with Crippen molar-refractivity contribution in [2.24, 2.45) is 22.7 Å². The van der Waals surface area contributed by atoms with E-state index in [1.165, 1.54) is 0 Å². The van der Waals surface area contributed by atoms with Crippen LogP contribution in [0.2, 0.25) is 0 Å². The Hall–Kier alpha value is -0.140. The average Bonchev–Trinajstić information content (AvgIpc) is 2.27. The lowest BCUT2D eigenvalue weighted by atomic mass is 9.60. The van der Waals surface area contributed by atoms with Crippen LogP contribution in [0.3, 0.4) is 0 Å². The summed E-state index contributed by atoms with van der Waals surface area (Å²) in [6, 6.07) is 0. The molecule has 2 heteroatoms. The van der Waals surface area contributed by atoms with Crippen molar-refractivity contribution in [1.82, 2.24) is 0 Å². The molecule has 0 aromatic rings. The summed E-state index contributed by atoms with van der Waals surface area (Å²) in [4.78, 5) is 0. The second-order valence-electron chi connectivity index (χ2n) is 7.41. The normalized spacial score (nSPS) is 34.7. The molecule has 1 aliphatic carbocycles. The Balaban J connectivity index is 2.84. The highest BCUT2D eigenvalue weighted by molar-refractivity contribution is 4.96. The van der Waals surface area contributed by atoms with Gasteiger partial charge in [-0.25, -0.2) is 8.78 Å². The lowest BCUT2D eigenvalue weighted by Crippen LogP contribution is -2.46. The largest absolute Gasteiger partial charge is 0.247 e. The molecule has 0 bridgehead atoms. The van der Waals surface area contributed by atoms with Crippen LogP contribution in [0.4, 0.5) is 8.78 Å². The molecule has 1 rings (SSSR count). The van der Waals surface area contributed by atoms with Gasteiger partial charge in [-0.3, -0.25) is 0 Å². The first kappa shape index (κ1) is 15.9. The van der Waals surface area contributed by atoms with Crippen LogP contribution in [-0.4, -0.2) is 12.3 Å². The van der Waals surface area contributed by atoms with E-state index in [4.69, 9.17) is 0 Å². The molecule has 0 radical (unpaired) electrons. The summed E-state index contributed by atoms with van der Waals surface area (Å²) in [7, 11) is 0. The molecule has 108 valence electrons. The van der Waals surface area contributed by atoms with E-state index in [1.54, 1.807) is 0 Å². The van der Waals surface area contributed by atoms with E-state index < -0.39 is 18.3 Å². The van der Waals surface area contributed by atoms with Crippen LogP contribution in [-0.2, 0) is 0 Å². The van der Waals surface area contributed by atoms with Crippen molar-refractivity contribution in [1.29, 1.82) is 0 Å². The molecule has 0 N–H and O–H groups in total. The molecule has 0 nitrogen and oxygen atoms in total. The fourth-order valence-corrected chi connectivity index (χ4v) is 3.30. The van der Waals surface area contributed by atoms with Crippen LogP contribution < -0.4 is 0 Å². The molecular formula is C16H30F2. The molecule has 0 saturated heterocycles. The van der Waals surface area contributed by atoms with Crippen molar-refractivity contribution in [3.63, 3.8) is 0 Å². The smallest absolute Gasteiger partial charge is 0.106 e. The Labute approximate surface area is 112 Å². The minimum Gasteiger partial charge on any atom is -0.247 e. The number of hydrogen-bond donors (Lipinski definition) is 0. The van der Waals surface area contributed by atoms with Crippen molar-refractivity contribution in [2.75, 3.05) is 0 Å². The molecule has 0 amide bonds. The van der Waals surface area contributed by atoms with Gasteiger partial charge < -0.3 is 0 Å². The van der Waals surface area contributed by atoms with Crippen LogP contribution in [0, 0.1) is 22.7 Å². The van der Waals surface area contributed by atoms with Crippen molar-refractivity contribution in [3.8, 4) is 0 Å². The van der Waals surface area contributed by atoms with E-state index in [2.05, 4.69) is 20.8 Å². The summed E-state index contributed by atoms with van der Waals surface area (Å²) in [5.41, 5.74) is -0.184. The Bertz CT molecular complexity index is 258. The summed E-state index contributed by atoms with van der Waals surface area (Å²) in [5.74, 6) is -0.247. The SMILES string of the molecule is CCC(C)(C)C1CC(F)C(C(C)(C)CC)C(F)C1. The molecule has 1 aliphatic rings. The van der Waals surface area contributed by atoms with Crippen LogP contribution in [0.25, 0.3) is 0 Å². The summed E-state index contributed by atoms with van der Waals surface area (Å²) in [6.45, 7) is 12.4. The second-order valence-corrected chi connectivity index (χ2v) is 7.41. The zero-order valence-electron chi connectivity index (χ0n) is 12.9. The number of hydrogen-bond acceptors (Lipinski definition) is 0. The summed E-state index contributed by atoms with van der Waals surface area (Å²) in [6.07, 6.45) is 0.920. The van der Waals surface area contributed by atoms with Gasteiger partial charge in [0.1, 0.15) is 12.3 Å². The van der Waals surface area contributed by atoms with E-state index in [9.17, 15) is 8.78 Å². The number of halogens is 2. The molecule has 0 spiro atoms. The predicted molar refractivity (Wildman–Crippen MR) is 74.2 cm³/mol. The quantitative estimate of drug-likeness (QED) is 0.620. The Morgan fingerprint density at radius 1 is 0.833 bits per heavy atom. The van der Waals surface area contributed by atoms with Crippen LogP contribution in [0.15, 0.2) is 0 Å². The van der Waals surface area contributed by atoms with E-state index in [0.717, 1.165) is 12.8 Å². The fourth-order valence-electron chi connectivity index (χ4n) is 3.30. The van der Waals surface area contributed by atoms with Gasteiger partial charge in [-0.2, -0.15) is 0 Å². The van der Waals surface area contributed by atoms with Gasteiger partial charge in [0.2, 0.25) is 0 Å². The Kier molecular flexibility index (Phi) is 4.83. The summed E-state index contributed by atoms with van der Waals surface area (Å²) in [5, 5.41) is 0. The third kappa shape index (κ3) is 3.05. The van der Waals surface area contributed by atoms with Gasteiger partial charge in [0.25, 0.3) is 0 Å². The van der Waals surface area contributed by atoms with Gasteiger partial charge in [-0.15, -0.1) is 0 Å². The highest BCUT2D eigenvalue weighted by Gasteiger charge is 2.48. The second kappa shape index (κ2) is 5.46. The summed E-state index contributed by atoms with van der Waals surface area (Å²) < 4.78 is 28.9. The van der Waals surface area contributed by atoms with Gasteiger partial charge in [0.15, 0.2) is 0 Å². The first-order valence-corrected chi connectivity index (χ1v) is 7.43. The number of rotatable bonds is 4. The lowest BCUT2D eigenvalue weighted by Gasteiger charge is -2.47. The molecule has 1 fully saturated rings. The maximum Gasteiger partial charge on any atom is 0.106 e. The molecule has 18 heavy (non-hydrogen) atoms. The van der Waals surface area contributed by atoms with Gasteiger partial charge in [-0.1, -0.05) is 54.4 Å². The van der Waals surface area contributed by atoms with Crippen molar-refractivity contribution in [2.45, 2.75) is 79.6 Å². The van der Waals surface area contributed by atoms with E-state index in [-0.39, 0.29) is 16.7 Å². The minimum atomic E-state index is -0.987. The molecule has 2 atom stereocenters. The van der Waals surface area contributed by atoms with Crippen LogP contribution >= 0.6 is 0 Å². The van der Waals surface area contributed by atoms with Gasteiger partial charge in [0, 0.05) is 5.92 Å². The maximum absolute atomic E-state index is 14.5. The molecule has 0 aromatic heterocycles. The minimum absolute atomic E-state index is 0.0516. The fraction of sp³-hybridized carbons (Fsp3) is 1.00. The van der Waals surface area contributed by atoms with Gasteiger partial charge in [0.05, 0.1) is 0 Å². The average molecular weight is 260 g/mol. The Morgan fingerprint density at radius 3 is 1.56 bits per heavy atom. The third-order valence-corrected chi connectivity index (χ3v) is 5.63. The summed E-state index contributed by atoms with van der Waals surface area (Å²) >= 11 is 0. The standard InChI is InChI=1S/C16H30F2/c1-7-15(3,4)11-9-12(17)14(13(18)10-11)16(5,6)8-2/h11-14H,7-10H2,1-6H3. The van der Waals surface area contributed by atoms with Gasteiger partial charge >= 0.3 is 0 Å². The lowest BCUT2D eigenvalue weighted by molar-refractivity contribution is -0.0513. The molecule has 2 unspecified atom stereocenters. The molecule has 0 heterocycles. The van der Waals surface area contributed by atoms with Crippen molar-refractivity contribution in [3.05, 3.63) is 0 Å². The first-order valence-electron chi connectivity index (χ1n) is 7.43. The van der Waals surface area contributed by atoms with E-state index >= 15 is 0 Å². The maximum atomic E-state index is 14.5. The van der Waals surface area contributed by atoms with Crippen molar-refractivity contribution < 1.29 is 8.78 Å². The Morgan fingerprint density at radius 2 is 1.22 bits per heavy atom. The number of alkyl halides is 2. The predicted octanol–water partition coefficient (Wildman–Crippen LogP) is 5.56. The zero-order chi connectivity index (χ0) is 14.1. The first-order chi connectivity index (χ1) is 8.15. The zero-order valence-corrected chi connectivity index (χ0v) is 12.9. The van der Waals surface area contributed by atoms with Crippen LogP contribution in [0.1, 0.15) is 67.2 Å². The topological polar surface area (TPSA) is 0 Å². The van der Waals surface area contributed by atoms with Gasteiger partial charge in [-0.05, 0) is 29.6 Å². The van der Waals surface area contributed by atoms with Crippen LogP contribution in [0.5, 0.6) is 0 Å². The monoisotopic (exact) mass is 260 g/mol. The molecule has 1 saturated carbocycles. The van der Waals surface area contributed by atoms with E-state index in [0.29, 0.717) is 12.8 Å². The van der Waals surface area contributed by atoms with Crippen molar-refractivity contribution >= 4 is 0 Å². The highest BCUT2D eigenvalue weighted by atomic mass is 19.1. The molecular weight excluding hydrogens is 230 g/mol. The highest BCUT2D eigenvalue weighted by Crippen LogP contribution is 2.49. The van der Waals surface area contributed by atoms with E-state index in [1.807, 2.05) is 20.8 Å². The molecule has 0 aliphatic heterocycles. The molecule has 0 aromatic carbocycles. The third-order valence-electron chi connectivity index (χ3n) is 5.63.